The largest absolute Gasteiger partial charge is 0.370 e. The number of para-hydroxylation sites is 2. The van der Waals surface area contributed by atoms with Crippen LogP contribution in [0.1, 0.15) is 25.0 Å². The molecule has 0 unspecified atom stereocenters. The van der Waals surface area contributed by atoms with Gasteiger partial charge in [0.15, 0.2) is 0 Å². The number of rotatable bonds is 5. The average molecular weight is 378 g/mol. The predicted octanol–water partition coefficient (Wildman–Crippen LogP) is 4.98. The lowest BCUT2D eigenvalue weighted by Crippen LogP contribution is -2.30. The Hall–Kier alpha value is -2.66. The number of benzene rings is 2. The van der Waals surface area contributed by atoms with Gasteiger partial charge in [-0.25, -0.2) is 4.98 Å². The van der Waals surface area contributed by atoms with Gasteiger partial charge < -0.3 is 10.2 Å². The van der Waals surface area contributed by atoms with Crippen molar-refractivity contribution in [2.75, 3.05) is 23.3 Å². The van der Waals surface area contributed by atoms with Crippen LogP contribution in [-0.4, -0.2) is 24.0 Å². The third-order valence-corrected chi connectivity index (χ3v) is 5.73. The van der Waals surface area contributed by atoms with Crippen LogP contribution in [0.25, 0.3) is 10.6 Å². The summed E-state index contributed by atoms with van der Waals surface area (Å²) in [6, 6.07) is 18.2. The number of anilines is 2. The predicted molar refractivity (Wildman–Crippen MR) is 112 cm³/mol. The van der Waals surface area contributed by atoms with E-state index in [9.17, 15) is 4.79 Å². The van der Waals surface area contributed by atoms with Crippen LogP contribution >= 0.6 is 11.3 Å². The van der Waals surface area contributed by atoms with Crippen molar-refractivity contribution < 1.29 is 4.79 Å². The number of hydrogen-bond acceptors (Lipinski definition) is 4. The third-order valence-electron chi connectivity index (χ3n) is 4.79. The van der Waals surface area contributed by atoms with E-state index in [1.54, 1.807) is 11.3 Å². The van der Waals surface area contributed by atoms with E-state index in [0.717, 1.165) is 40.7 Å². The highest BCUT2D eigenvalue weighted by atomic mass is 32.1. The lowest BCUT2D eigenvalue weighted by molar-refractivity contribution is -0.115. The Morgan fingerprint density at radius 3 is 2.56 bits per heavy atom. The van der Waals surface area contributed by atoms with Gasteiger partial charge in [-0.1, -0.05) is 42.5 Å². The van der Waals surface area contributed by atoms with Crippen LogP contribution in [0.4, 0.5) is 11.4 Å². The highest BCUT2D eigenvalue weighted by Crippen LogP contribution is 2.29. The maximum Gasteiger partial charge on any atom is 0.230 e. The SMILES string of the molecule is O=C(Cc1csc(-c2ccccc2)n1)Nc1ccccc1N1CCCCC1. The van der Waals surface area contributed by atoms with E-state index in [0.29, 0.717) is 0 Å². The fraction of sp³-hybridized carbons (Fsp3) is 0.273. The number of carbonyl (C=O) groups excluding carboxylic acids is 1. The van der Waals surface area contributed by atoms with Gasteiger partial charge in [-0.2, -0.15) is 0 Å². The average Bonchev–Trinajstić information content (AvgIpc) is 3.18. The van der Waals surface area contributed by atoms with E-state index in [-0.39, 0.29) is 12.3 Å². The van der Waals surface area contributed by atoms with E-state index >= 15 is 0 Å². The Balaban J connectivity index is 1.44. The first-order valence-corrected chi connectivity index (χ1v) is 10.3. The lowest BCUT2D eigenvalue weighted by atomic mass is 10.1. The maximum atomic E-state index is 12.6. The minimum absolute atomic E-state index is 0.0237. The zero-order valence-electron chi connectivity index (χ0n) is 15.2. The molecule has 0 radical (unpaired) electrons. The second-order valence-corrected chi connectivity index (χ2v) is 7.66. The number of carbonyl (C=O) groups is 1. The number of nitrogens with one attached hydrogen (secondary N) is 1. The first kappa shape index (κ1) is 17.7. The van der Waals surface area contributed by atoms with Crippen molar-refractivity contribution in [3.8, 4) is 10.6 Å². The van der Waals surface area contributed by atoms with Crippen LogP contribution in [0.2, 0.25) is 0 Å². The van der Waals surface area contributed by atoms with Crippen LogP contribution in [0.5, 0.6) is 0 Å². The normalized spacial score (nSPS) is 14.1. The van der Waals surface area contributed by atoms with Crippen molar-refractivity contribution >= 4 is 28.6 Å². The Labute approximate surface area is 163 Å². The number of hydrogen-bond donors (Lipinski definition) is 1. The molecule has 1 fully saturated rings. The fourth-order valence-electron chi connectivity index (χ4n) is 3.45. The maximum absolute atomic E-state index is 12.6. The van der Waals surface area contributed by atoms with Crippen LogP contribution < -0.4 is 10.2 Å². The topological polar surface area (TPSA) is 45.2 Å². The molecule has 5 heteroatoms. The summed E-state index contributed by atoms with van der Waals surface area (Å²) in [4.78, 5) is 19.6. The molecule has 2 heterocycles. The van der Waals surface area contributed by atoms with E-state index in [4.69, 9.17) is 0 Å². The molecule has 3 aromatic rings. The van der Waals surface area contributed by atoms with Crippen molar-refractivity contribution in [3.63, 3.8) is 0 Å². The van der Waals surface area contributed by atoms with E-state index in [1.165, 1.54) is 19.3 Å². The monoisotopic (exact) mass is 377 g/mol. The molecule has 27 heavy (non-hydrogen) atoms. The van der Waals surface area contributed by atoms with Crippen molar-refractivity contribution in [3.05, 3.63) is 65.7 Å². The molecule has 0 bridgehead atoms. The summed E-state index contributed by atoms with van der Waals surface area (Å²) in [6.45, 7) is 2.11. The molecule has 4 nitrogen and oxygen atoms in total. The molecule has 0 spiro atoms. The molecular formula is C22H23N3OS. The third kappa shape index (κ3) is 4.37. The highest BCUT2D eigenvalue weighted by molar-refractivity contribution is 7.13. The Morgan fingerprint density at radius 2 is 1.74 bits per heavy atom. The zero-order valence-corrected chi connectivity index (χ0v) is 16.0. The van der Waals surface area contributed by atoms with Crippen LogP contribution in [0.3, 0.4) is 0 Å². The van der Waals surface area contributed by atoms with Gasteiger partial charge in [-0.3, -0.25) is 4.79 Å². The summed E-state index contributed by atoms with van der Waals surface area (Å²) in [7, 11) is 0. The lowest BCUT2D eigenvalue weighted by Gasteiger charge is -2.30. The summed E-state index contributed by atoms with van der Waals surface area (Å²) in [5, 5.41) is 6.01. The van der Waals surface area contributed by atoms with E-state index in [1.807, 2.05) is 53.9 Å². The molecule has 138 valence electrons. The molecule has 0 aliphatic carbocycles. The molecule has 1 N–H and O–H groups in total. The number of thiazole rings is 1. The molecule has 1 aliphatic heterocycles. The molecule has 0 saturated carbocycles. The number of nitrogens with zero attached hydrogens (tertiary/aromatic N) is 2. The first-order chi connectivity index (χ1) is 13.3. The second-order valence-electron chi connectivity index (χ2n) is 6.80. The number of piperidine rings is 1. The van der Waals surface area contributed by atoms with Gasteiger partial charge >= 0.3 is 0 Å². The summed E-state index contributed by atoms with van der Waals surface area (Å²) in [6.07, 6.45) is 4.00. The summed E-state index contributed by atoms with van der Waals surface area (Å²) >= 11 is 1.58. The molecule has 1 aliphatic rings. The number of aromatic nitrogens is 1. The van der Waals surface area contributed by atoms with Crippen molar-refractivity contribution in [1.29, 1.82) is 0 Å². The van der Waals surface area contributed by atoms with Gasteiger partial charge in [0.05, 0.1) is 23.5 Å². The van der Waals surface area contributed by atoms with Crippen LogP contribution in [0.15, 0.2) is 60.0 Å². The Kier molecular flexibility index (Phi) is 5.49. The van der Waals surface area contributed by atoms with Crippen molar-refractivity contribution in [2.45, 2.75) is 25.7 Å². The first-order valence-electron chi connectivity index (χ1n) is 9.43. The van der Waals surface area contributed by atoms with Gasteiger partial charge in [0.1, 0.15) is 5.01 Å². The minimum atomic E-state index is -0.0237. The number of amides is 1. The molecule has 0 atom stereocenters. The van der Waals surface area contributed by atoms with Gasteiger partial charge in [0.2, 0.25) is 5.91 Å². The van der Waals surface area contributed by atoms with Gasteiger partial charge in [-0.15, -0.1) is 11.3 Å². The molecule has 2 aromatic carbocycles. The van der Waals surface area contributed by atoms with Gasteiger partial charge in [0.25, 0.3) is 0 Å². The Bertz CT molecular complexity index is 901. The smallest absolute Gasteiger partial charge is 0.230 e. The highest BCUT2D eigenvalue weighted by Gasteiger charge is 2.16. The molecule has 1 amide bonds. The summed E-state index contributed by atoms with van der Waals surface area (Å²) in [5.41, 5.74) is 3.91. The van der Waals surface area contributed by atoms with Gasteiger partial charge in [0, 0.05) is 24.0 Å². The molecule has 4 rings (SSSR count). The van der Waals surface area contributed by atoms with Crippen molar-refractivity contribution in [1.82, 2.24) is 4.98 Å². The van der Waals surface area contributed by atoms with E-state index in [2.05, 4.69) is 21.3 Å². The quantitative estimate of drug-likeness (QED) is 0.682. The zero-order chi connectivity index (χ0) is 18.5. The Morgan fingerprint density at radius 1 is 1.00 bits per heavy atom. The minimum Gasteiger partial charge on any atom is -0.370 e. The van der Waals surface area contributed by atoms with Gasteiger partial charge in [-0.05, 0) is 31.4 Å². The van der Waals surface area contributed by atoms with E-state index < -0.39 is 0 Å². The fourth-order valence-corrected chi connectivity index (χ4v) is 4.28. The summed E-state index contributed by atoms with van der Waals surface area (Å²) < 4.78 is 0. The summed E-state index contributed by atoms with van der Waals surface area (Å²) in [5.74, 6) is -0.0237. The van der Waals surface area contributed by atoms with Crippen LogP contribution in [0, 0.1) is 0 Å². The standard InChI is InChI=1S/C22H23N3OS/c26-21(15-18-16-27-22(23-18)17-9-3-1-4-10-17)24-19-11-5-6-12-20(19)25-13-7-2-8-14-25/h1,3-6,9-12,16H,2,7-8,13-15H2,(H,24,26). The molecule has 1 saturated heterocycles. The molecular weight excluding hydrogens is 354 g/mol. The molecule has 1 aromatic heterocycles. The second kappa shape index (κ2) is 8.35. The van der Waals surface area contributed by atoms with Crippen molar-refractivity contribution in [2.24, 2.45) is 0 Å². The van der Waals surface area contributed by atoms with Crippen LogP contribution in [-0.2, 0) is 11.2 Å².